The third kappa shape index (κ3) is 2.01. The van der Waals surface area contributed by atoms with E-state index in [-0.39, 0.29) is 6.04 Å². The molecule has 1 aromatic carbocycles. The number of ether oxygens (including phenoxy) is 1. The SMILES string of the molecule is COc1ccc(Br)cc1C1NN=C2CCNCC21. The summed E-state index contributed by atoms with van der Waals surface area (Å²) in [5.74, 6) is 1.35. The van der Waals surface area contributed by atoms with Crippen molar-refractivity contribution in [2.75, 3.05) is 20.2 Å². The number of hydrogen-bond acceptors (Lipinski definition) is 4. The Bertz CT molecular complexity index is 489. The minimum Gasteiger partial charge on any atom is -0.496 e. The first-order chi connectivity index (χ1) is 8.79. The van der Waals surface area contributed by atoms with E-state index in [4.69, 9.17) is 4.74 Å². The van der Waals surface area contributed by atoms with Gasteiger partial charge in [0.05, 0.1) is 13.2 Å². The molecule has 1 saturated heterocycles. The second-order valence-corrected chi connectivity index (χ2v) is 5.57. The molecule has 0 aromatic heterocycles. The van der Waals surface area contributed by atoms with Gasteiger partial charge in [0.25, 0.3) is 0 Å². The van der Waals surface area contributed by atoms with E-state index >= 15 is 0 Å². The number of benzene rings is 1. The van der Waals surface area contributed by atoms with E-state index < -0.39 is 0 Å². The fourth-order valence-corrected chi connectivity index (χ4v) is 3.08. The predicted molar refractivity (Wildman–Crippen MR) is 75.0 cm³/mol. The van der Waals surface area contributed by atoms with Crippen molar-refractivity contribution in [3.8, 4) is 5.75 Å². The Hall–Kier alpha value is -1.07. The molecule has 2 N–H and O–H groups in total. The van der Waals surface area contributed by atoms with E-state index in [1.165, 1.54) is 11.3 Å². The maximum absolute atomic E-state index is 5.46. The quantitative estimate of drug-likeness (QED) is 0.879. The average Bonchev–Trinajstić information content (AvgIpc) is 2.82. The Morgan fingerprint density at radius 2 is 2.33 bits per heavy atom. The molecule has 2 aliphatic heterocycles. The van der Waals surface area contributed by atoms with Crippen LogP contribution in [0.1, 0.15) is 18.0 Å². The van der Waals surface area contributed by atoms with Crippen molar-refractivity contribution in [2.45, 2.75) is 12.5 Å². The van der Waals surface area contributed by atoms with Crippen LogP contribution in [0.2, 0.25) is 0 Å². The Morgan fingerprint density at radius 1 is 1.44 bits per heavy atom. The summed E-state index contributed by atoms with van der Waals surface area (Å²) in [5, 5.41) is 7.91. The van der Waals surface area contributed by atoms with Crippen molar-refractivity contribution < 1.29 is 4.74 Å². The lowest BCUT2D eigenvalue weighted by Gasteiger charge is -2.26. The van der Waals surface area contributed by atoms with Gasteiger partial charge in [-0.2, -0.15) is 5.10 Å². The number of fused-ring (bicyclic) bond motifs is 1. The molecule has 96 valence electrons. The van der Waals surface area contributed by atoms with Gasteiger partial charge < -0.3 is 15.5 Å². The second-order valence-electron chi connectivity index (χ2n) is 4.66. The highest BCUT2D eigenvalue weighted by molar-refractivity contribution is 9.10. The molecule has 0 spiro atoms. The zero-order valence-electron chi connectivity index (χ0n) is 10.2. The average molecular weight is 310 g/mol. The van der Waals surface area contributed by atoms with Gasteiger partial charge in [0.15, 0.2) is 0 Å². The minimum atomic E-state index is 0.209. The van der Waals surface area contributed by atoms with Crippen LogP contribution in [0.4, 0.5) is 0 Å². The van der Waals surface area contributed by atoms with Crippen LogP contribution in [0.5, 0.6) is 5.75 Å². The second kappa shape index (κ2) is 4.90. The van der Waals surface area contributed by atoms with Gasteiger partial charge in [-0.3, -0.25) is 0 Å². The van der Waals surface area contributed by atoms with Gasteiger partial charge in [-0.15, -0.1) is 0 Å². The fourth-order valence-electron chi connectivity index (χ4n) is 2.70. The predicted octanol–water partition coefficient (Wildman–Crippen LogP) is 2.07. The Labute approximate surface area is 115 Å². The maximum atomic E-state index is 5.46. The number of hydrogen-bond donors (Lipinski definition) is 2. The van der Waals surface area contributed by atoms with Crippen LogP contribution in [0.25, 0.3) is 0 Å². The number of halogens is 1. The number of piperidine rings is 1. The summed E-state index contributed by atoms with van der Waals surface area (Å²) in [6, 6.07) is 6.32. The molecule has 0 saturated carbocycles. The van der Waals surface area contributed by atoms with Gasteiger partial charge in [0.2, 0.25) is 0 Å². The van der Waals surface area contributed by atoms with Crippen LogP contribution in [0, 0.1) is 5.92 Å². The van der Waals surface area contributed by atoms with Crippen LogP contribution in [0.3, 0.4) is 0 Å². The van der Waals surface area contributed by atoms with Crippen molar-refractivity contribution >= 4 is 21.6 Å². The topological polar surface area (TPSA) is 45.6 Å². The standard InChI is InChI=1S/C13H16BrN3O/c1-18-12-3-2-8(14)6-9(12)13-10-7-15-5-4-11(10)16-17-13/h2-3,6,10,13,15,17H,4-5,7H2,1H3. The third-order valence-electron chi connectivity index (χ3n) is 3.63. The molecular formula is C13H16BrN3O. The summed E-state index contributed by atoms with van der Waals surface area (Å²) in [7, 11) is 1.71. The highest BCUT2D eigenvalue weighted by Crippen LogP contribution is 2.36. The lowest BCUT2D eigenvalue weighted by atomic mass is 9.87. The molecule has 2 atom stereocenters. The molecule has 4 nitrogen and oxygen atoms in total. The molecule has 3 rings (SSSR count). The number of rotatable bonds is 2. The molecule has 2 unspecified atom stereocenters. The number of nitrogens with one attached hydrogen (secondary N) is 2. The number of hydrazone groups is 1. The van der Waals surface area contributed by atoms with E-state index in [0.717, 1.165) is 29.7 Å². The largest absolute Gasteiger partial charge is 0.496 e. The molecule has 0 radical (unpaired) electrons. The fraction of sp³-hybridized carbons (Fsp3) is 0.462. The van der Waals surface area contributed by atoms with E-state index in [0.29, 0.717) is 5.92 Å². The molecule has 0 bridgehead atoms. The highest BCUT2D eigenvalue weighted by Gasteiger charge is 2.35. The van der Waals surface area contributed by atoms with Gasteiger partial charge in [-0.1, -0.05) is 15.9 Å². The number of nitrogens with zero attached hydrogens (tertiary/aromatic N) is 1. The van der Waals surface area contributed by atoms with Gasteiger partial charge in [0.1, 0.15) is 5.75 Å². The first-order valence-corrected chi connectivity index (χ1v) is 6.95. The Morgan fingerprint density at radius 3 is 3.17 bits per heavy atom. The molecule has 0 aliphatic carbocycles. The van der Waals surface area contributed by atoms with E-state index in [9.17, 15) is 0 Å². The summed E-state index contributed by atoms with van der Waals surface area (Å²) >= 11 is 3.52. The van der Waals surface area contributed by atoms with E-state index in [1.54, 1.807) is 7.11 Å². The summed E-state index contributed by atoms with van der Waals surface area (Å²) in [5.41, 5.74) is 5.71. The van der Waals surface area contributed by atoms with Crippen molar-refractivity contribution in [3.63, 3.8) is 0 Å². The van der Waals surface area contributed by atoms with E-state index in [1.807, 2.05) is 12.1 Å². The monoisotopic (exact) mass is 309 g/mol. The maximum Gasteiger partial charge on any atom is 0.124 e. The smallest absolute Gasteiger partial charge is 0.124 e. The third-order valence-corrected chi connectivity index (χ3v) is 4.12. The van der Waals surface area contributed by atoms with Gasteiger partial charge in [-0.25, -0.2) is 0 Å². The lowest BCUT2D eigenvalue weighted by molar-refractivity contribution is 0.387. The van der Waals surface area contributed by atoms with Crippen LogP contribution in [-0.2, 0) is 0 Å². The first-order valence-electron chi connectivity index (χ1n) is 6.15. The van der Waals surface area contributed by atoms with Crippen LogP contribution in [-0.4, -0.2) is 25.9 Å². The summed E-state index contributed by atoms with van der Waals surface area (Å²) in [4.78, 5) is 0. The van der Waals surface area contributed by atoms with Gasteiger partial charge in [0, 0.05) is 41.2 Å². The minimum absolute atomic E-state index is 0.209. The Kier molecular flexibility index (Phi) is 3.26. The van der Waals surface area contributed by atoms with Gasteiger partial charge in [-0.05, 0) is 18.2 Å². The number of methoxy groups -OCH3 is 1. The summed E-state index contributed by atoms with van der Waals surface area (Å²) < 4.78 is 6.53. The normalized spacial score (nSPS) is 26.2. The van der Waals surface area contributed by atoms with Crippen molar-refractivity contribution in [2.24, 2.45) is 11.0 Å². The lowest BCUT2D eigenvalue weighted by Crippen LogP contribution is -2.38. The zero-order chi connectivity index (χ0) is 12.5. The van der Waals surface area contributed by atoms with Crippen molar-refractivity contribution in [1.82, 2.24) is 10.7 Å². The van der Waals surface area contributed by atoms with Crippen LogP contribution in [0.15, 0.2) is 27.8 Å². The molecular weight excluding hydrogens is 294 g/mol. The molecule has 1 fully saturated rings. The molecule has 2 aliphatic rings. The highest BCUT2D eigenvalue weighted by atomic mass is 79.9. The van der Waals surface area contributed by atoms with E-state index in [2.05, 4.69) is 37.8 Å². The summed E-state index contributed by atoms with van der Waals surface area (Å²) in [6.45, 7) is 2.01. The van der Waals surface area contributed by atoms with Crippen molar-refractivity contribution in [3.05, 3.63) is 28.2 Å². The van der Waals surface area contributed by atoms with Crippen molar-refractivity contribution in [1.29, 1.82) is 0 Å². The van der Waals surface area contributed by atoms with Crippen LogP contribution < -0.4 is 15.5 Å². The molecule has 18 heavy (non-hydrogen) atoms. The van der Waals surface area contributed by atoms with Gasteiger partial charge >= 0.3 is 0 Å². The Balaban J connectivity index is 1.93. The molecule has 5 heteroatoms. The molecule has 2 heterocycles. The molecule has 0 amide bonds. The molecule has 1 aromatic rings. The summed E-state index contributed by atoms with van der Waals surface area (Å²) in [6.07, 6.45) is 1.03. The van der Waals surface area contributed by atoms with Crippen LogP contribution >= 0.6 is 15.9 Å². The first kappa shape index (κ1) is 12.0. The zero-order valence-corrected chi connectivity index (χ0v) is 11.8.